The van der Waals surface area contributed by atoms with Gasteiger partial charge in [-0.2, -0.15) is 19.6 Å². The first-order valence-electron chi connectivity index (χ1n) is 5.08. The Hall–Kier alpha value is -1.36. The lowest BCUT2D eigenvalue weighted by molar-refractivity contribution is 0.253. The molecule has 2 aromatic rings. The van der Waals surface area contributed by atoms with Gasteiger partial charge in [-0.05, 0) is 12.8 Å². The summed E-state index contributed by atoms with van der Waals surface area (Å²) in [7, 11) is 0. The molecule has 0 amide bonds. The molecule has 6 heteroatoms. The number of aromatic nitrogens is 4. The minimum atomic E-state index is 0.402. The van der Waals surface area contributed by atoms with E-state index in [1.807, 2.05) is 6.92 Å². The van der Waals surface area contributed by atoms with Gasteiger partial charge >= 0.3 is 0 Å². The summed E-state index contributed by atoms with van der Waals surface area (Å²) >= 11 is 5.99. The topological polar surface area (TPSA) is 52.3 Å². The number of fused-ring (bicyclic) bond motifs is 1. The monoisotopic (exact) mass is 240 g/mol. The maximum Gasteiger partial charge on any atom is 0.256 e. The molecule has 0 aliphatic carbocycles. The highest BCUT2D eigenvalue weighted by Crippen LogP contribution is 2.24. The van der Waals surface area contributed by atoms with Crippen LogP contribution < -0.4 is 4.74 Å². The average Bonchev–Trinajstić information content (AvgIpc) is 2.65. The quantitative estimate of drug-likeness (QED) is 0.772. The molecule has 2 aromatic heterocycles. The molecule has 0 saturated heterocycles. The van der Waals surface area contributed by atoms with Crippen molar-refractivity contribution in [2.75, 3.05) is 6.61 Å². The third-order valence-corrected chi connectivity index (χ3v) is 2.47. The van der Waals surface area contributed by atoms with Crippen molar-refractivity contribution in [3.8, 4) is 5.88 Å². The molecule has 0 bridgehead atoms. The van der Waals surface area contributed by atoms with Crippen LogP contribution in [0.1, 0.15) is 19.4 Å². The van der Waals surface area contributed by atoms with Gasteiger partial charge in [-0.15, -0.1) is 0 Å². The molecule has 0 aromatic carbocycles. The summed E-state index contributed by atoms with van der Waals surface area (Å²) in [5.74, 6) is 1.50. The fraction of sp³-hybridized carbons (Fsp3) is 0.500. The van der Waals surface area contributed by atoms with Crippen LogP contribution in [0.4, 0.5) is 0 Å². The van der Waals surface area contributed by atoms with Crippen LogP contribution in [-0.2, 0) is 0 Å². The molecule has 86 valence electrons. The minimum Gasteiger partial charge on any atom is -0.477 e. The Labute approximate surface area is 98.4 Å². The minimum absolute atomic E-state index is 0.402. The summed E-state index contributed by atoms with van der Waals surface area (Å²) < 4.78 is 7.25. The molecule has 16 heavy (non-hydrogen) atoms. The molecular formula is C10H13ClN4O. The van der Waals surface area contributed by atoms with E-state index in [2.05, 4.69) is 28.9 Å². The third kappa shape index (κ3) is 1.95. The van der Waals surface area contributed by atoms with Crippen LogP contribution in [0, 0.1) is 12.8 Å². The van der Waals surface area contributed by atoms with Gasteiger partial charge in [-0.3, -0.25) is 0 Å². The van der Waals surface area contributed by atoms with Crippen LogP contribution in [-0.4, -0.2) is 26.2 Å². The fourth-order valence-electron chi connectivity index (χ4n) is 1.29. The number of hydrogen-bond donors (Lipinski definition) is 0. The Morgan fingerprint density at radius 1 is 1.50 bits per heavy atom. The first-order valence-corrected chi connectivity index (χ1v) is 5.46. The van der Waals surface area contributed by atoms with Crippen molar-refractivity contribution in [2.24, 2.45) is 5.92 Å². The standard InChI is InChI=1S/C10H13ClN4O/c1-6(2)4-16-9-7(3)8(11)14-10-12-5-13-15(9)10/h5-6H,4H2,1-3H3. The second-order valence-corrected chi connectivity index (χ2v) is 4.37. The van der Waals surface area contributed by atoms with Gasteiger partial charge in [0.25, 0.3) is 5.78 Å². The predicted octanol–water partition coefficient (Wildman–Crippen LogP) is 2.12. The molecule has 0 spiro atoms. The molecule has 0 unspecified atom stereocenters. The highest BCUT2D eigenvalue weighted by atomic mass is 35.5. The molecule has 0 fully saturated rings. The van der Waals surface area contributed by atoms with Crippen LogP contribution in [0.2, 0.25) is 5.15 Å². The summed E-state index contributed by atoms with van der Waals surface area (Å²) in [5.41, 5.74) is 0.778. The van der Waals surface area contributed by atoms with Gasteiger partial charge in [-0.1, -0.05) is 25.4 Å². The van der Waals surface area contributed by atoms with Gasteiger partial charge in [0.1, 0.15) is 11.5 Å². The van der Waals surface area contributed by atoms with Crippen molar-refractivity contribution in [1.29, 1.82) is 0 Å². The Balaban J connectivity index is 2.47. The van der Waals surface area contributed by atoms with Gasteiger partial charge in [-0.25, -0.2) is 0 Å². The summed E-state index contributed by atoms with van der Waals surface area (Å²) in [5, 5.41) is 4.46. The van der Waals surface area contributed by atoms with Crippen LogP contribution in [0.3, 0.4) is 0 Å². The molecule has 0 N–H and O–H groups in total. The summed E-state index contributed by atoms with van der Waals surface area (Å²) in [4.78, 5) is 8.08. The van der Waals surface area contributed by atoms with Crippen molar-refractivity contribution >= 4 is 17.4 Å². The molecule has 2 rings (SSSR count). The Bertz CT molecular complexity index is 509. The van der Waals surface area contributed by atoms with Crippen molar-refractivity contribution < 1.29 is 4.74 Å². The molecule has 0 saturated carbocycles. The van der Waals surface area contributed by atoms with Gasteiger partial charge < -0.3 is 4.74 Å². The van der Waals surface area contributed by atoms with Gasteiger partial charge in [0, 0.05) is 5.56 Å². The molecule has 2 heterocycles. The van der Waals surface area contributed by atoms with Crippen LogP contribution in [0.15, 0.2) is 6.33 Å². The second-order valence-electron chi connectivity index (χ2n) is 4.01. The largest absolute Gasteiger partial charge is 0.477 e. The zero-order valence-electron chi connectivity index (χ0n) is 9.44. The summed E-state index contributed by atoms with van der Waals surface area (Å²) in [6, 6.07) is 0. The van der Waals surface area contributed by atoms with Gasteiger partial charge in [0.2, 0.25) is 5.88 Å². The fourth-order valence-corrected chi connectivity index (χ4v) is 1.45. The number of nitrogens with zero attached hydrogens (tertiary/aromatic N) is 4. The maximum absolute atomic E-state index is 5.99. The smallest absolute Gasteiger partial charge is 0.256 e. The van der Waals surface area contributed by atoms with E-state index in [4.69, 9.17) is 16.3 Å². The van der Waals surface area contributed by atoms with Crippen molar-refractivity contribution in [2.45, 2.75) is 20.8 Å². The summed E-state index contributed by atoms with van der Waals surface area (Å²) in [6.07, 6.45) is 1.43. The Morgan fingerprint density at radius 3 is 2.94 bits per heavy atom. The molecule has 0 radical (unpaired) electrons. The van der Waals surface area contributed by atoms with E-state index in [-0.39, 0.29) is 0 Å². The van der Waals surface area contributed by atoms with E-state index >= 15 is 0 Å². The molecule has 0 aliphatic heterocycles. The first-order chi connectivity index (χ1) is 7.59. The highest BCUT2D eigenvalue weighted by molar-refractivity contribution is 6.30. The summed E-state index contributed by atoms with van der Waals surface area (Å²) in [6.45, 7) is 6.62. The molecular weight excluding hydrogens is 228 g/mol. The average molecular weight is 241 g/mol. The van der Waals surface area contributed by atoms with Gasteiger partial charge in [0.15, 0.2) is 0 Å². The lowest BCUT2D eigenvalue weighted by Crippen LogP contribution is -2.10. The lowest BCUT2D eigenvalue weighted by Gasteiger charge is -2.12. The van der Waals surface area contributed by atoms with Crippen molar-refractivity contribution in [1.82, 2.24) is 19.6 Å². The second kappa shape index (κ2) is 4.25. The predicted molar refractivity (Wildman–Crippen MR) is 60.9 cm³/mol. The number of rotatable bonds is 3. The van der Waals surface area contributed by atoms with E-state index in [9.17, 15) is 0 Å². The van der Waals surface area contributed by atoms with Crippen molar-refractivity contribution in [3.63, 3.8) is 0 Å². The zero-order chi connectivity index (χ0) is 11.7. The van der Waals surface area contributed by atoms with Crippen LogP contribution in [0.5, 0.6) is 5.88 Å². The van der Waals surface area contributed by atoms with E-state index in [0.717, 1.165) is 5.56 Å². The molecule has 0 atom stereocenters. The molecule has 0 aliphatic rings. The Morgan fingerprint density at radius 2 is 2.25 bits per heavy atom. The van der Waals surface area contributed by atoms with E-state index in [1.54, 1.807) is 4.52 Å². The Kier molecular flexibility index (Phi) is 2.96. The normalized spacial score (nSPS) is 11.3. The maximum atomic E-state index is 5.99. The highest BCUT2D eigenvalue weighted by Gasteiger charge is 2.13. The number of hydrogen-bond acceptors (Lipinski definition) is 4. The van der Waals surface area contributed by atoms with E-state index in [0.29, 0.717) is 29.3 Å². The van der Waals surface area contributed by atoms with Crippen molar-refractivity contribution in [3.05, 3.63) is 17.0 Å². The van der Waals surface area contributed by atoms with Crippen LogP contribution in [0.25, 0.3) is 5.78 Å². The van der Waals surface area contributed by atoms with Gasteiger partial charge in [0.05, 0.1) is 6.61 Å². The van der Waals surface area contributed by atoms with Crippen LogP contribution >= 0.6 is 11.6 Å². The first kappa shape index (κ1) is 11.1. The SMILES string of the molecule is Cc1c(Cl)nc2ncnn2c1OCC(C)C. The zero-order valence-corrected chi connectivity index (χ0v) is 10.2. The van der Waals surface area contributed by atoms with E-state index < -0.39 is 0 Å². The number of halogens is 1. The molecule has 5 nitrogen and oxygen atoms in total. The van der Waals surface area contributed by atoms with E-state index in [1.165, 1.54) is 6.33 Å². The third-order valence-electron chi connectivity index (χ3n) is 2.10. The lowest BCUT2D eigenvalue weighted by atomic mass is 10.2. The number of ether oxygens (including phenoxy) is 1.